The Balaban J connectivity index is 0.927. The predicted molar refractivity (Wildman–Crippen MR) is 211 cm³/mol. The van der Waals surface area contributed by atoms with Crippen LogP contribution in [0.2, 0.25) is 0 Å². The molecule has 1 aliphatic carbocycles. The molecule has 2 aliphatic heterocycles. The van der Waals surface area contributed by atoms with E-state index in [2.05, 4.69) is 48.7 Å². The monoisotopic (exact) mass is 737 g/mol. The van der Waals surface area contributed by atoms with Gasteiger partial charge in [-0.25, -0.2) is 19.3 Å². The zero-order valence-electron chi connectivity index (χ0n) is 32.0. The molecule has 13 nitrogen and oxygen atoms in total. The van der Waals surface area contributed by atoms with Gasteiger partial charge in [-0.1, -0.05) is 12.1 Å². The summed E-state index contributed by atoms with van der Waals surface area (Å²) in [5.41, 5.74) is 1.54. The van der Waals surface area contributed by atoms with Crippen molar-refractivity contribution in [1.82, 2.24) is 34.1 Å². The molecule has 1 aromatic carbocycles. The van der Waals surface area contributed by atoms with E-state index < -0.39 is 5.60 Å². The van der Waals surface area contributed by atoms with Gasteiger partial charge >= 0.3 is 5.97 Å². The lowest BCUT2D eigenvalue weighted by molar-refractivity contribution is -0.141. The summed E-state index contributed by atoms with van der Waals surface area (Å²) in [7, 11) is 0. The number of anilines is 3. The second-order valence-corrected chi connectivity index (χ2v) is 15.6. The third-order valence-corrected chi connectivity index (χ3v) is 11.5. The van der Waals surface area contributed by atoms with Crippen molar-refractivity contribution in [2.75, 3.05) is 56.1 Å². The standard InChI is InChI=1S/C41H55N9O4/c1-5-20-49-39(52)35-28-42-40(45-38(35)50(49)37-8-6-7-36(44-37)41(3,4)53)43-31-9-11-32(12-10-31)47-23-25-48(26-24-47)34-15-13-33(14-16-34)46-21-17-30(18-22-46)19-27-54-29(2)51/h5-12,28,30,33-34,53H,1,13-27H2,2-4H3,(H,42,43,45). The molecule has 2 N–H and O–H groups in total. The minimum Gasteiger partial charge on any atom is -0.466 e. The molecule has 0 atom stereocenters. The van der Waals surface area contributed by atoms with Gasteiger partial charge in [-0.15, -0.1) is 6.58 Å². The lowest BCUT2D eigenvalue weighted by Crippen LogP contribution is -2.52. The Morgan fingerprint density at radius 2 is 1.61 bits per heavy atom. The number of aromatic nitrogens is 5. The number of hydrogen-bond acceptors (Lipinski definition) is 11. The highest BCUT2D eigenvalue weighted by atomic mass is 16.5. The zero-order chi connectivity index (χ0) is 37.8. The van der Waals surface area contributed by atoms with E-state index in [9.17, 15) is 14.7 Å². The van der Waals surface area contributed by atoms with Crippen LogP contribution in [0.1, 0.15) is 71.4 Å². The van der Waals surface area contributed by atoms with Crippen LogP contribution in [0.25, 0.3) is 16.9 Å². The summed E-state index contributed by atoms with van der Waals surface area (Å²) in [4.78, 5) is 46.3. The van der Waals surface area contributed by atoms with Gasteiger partial charge in [-0.2, -0.15) is 4.98 Å². The fraction of sp³-hybridized carbons (Fsp3) is 0.537. The highest BCUT2D eigenvalue weighted by molar-refractivity contribution is 5.77. The van der Waals surface area contributed by atoms with Crippen LogP contribution in [0.15, 0.2) is 66.1 Å². The van der Waals surface area contributed by atoms with Crippen LogP contribution < -0.4 is 15.8 Å². The van der Waals surface area contributed by atoms with Crippen molar-refractivity contribution in [3.05, 3.63) is 77.4 Å². The highest BCUT2D eigenvalue weighted by Gasteiger charge is 2.32. The van der Waals surface area contributed by atoms with Crippen LogP contribution in [0.3, 0.4) is 0 Å². The highest BCUT2D eigenvalue weighted by Crippen LogP contribution is 2.32. The van der Waals surface area contributed by atoms with Gasteiger partial charge in [0.25, 0.3) is 5.56 Å². The van der Waals surface area contributed by atoms with Crippen molar-refractivity contribution in [3.8, 4) is 5.82 Å². The number of rotatable bonds is 12. The lowest BCUT2D eigenvalue weighted by atomic mass is 9.86. The molecule has 0 amide bonds. The topological polar surface area (TPSA) is 134 Å². The summed E-state index contributed by atoms with van der Waals surface area (Å²) >= 11 is 0. The van der Waals surface area contributed by atoms with Gasteiger partial charge in [-0.05, 0) is 114 Å². The summed E-state index contributed by atoms with van der Waals surface area (Å²) in [5, 5.41) is 14.3. The number of nitrogens with one attached hydrogen (secondary N) is 1. The number of nitrogens with zero attached hydrogens (tertiary/aromatic N) is 8. The Hall–Kier alpha value is -4.59. The van der Waals surface area contributed by atoms with Crippen LogP contribution in [0, 0.1) is 5.92 Å². The fourth-order valence-corrected chi connectivity index (χ4v) is 8.49. The minimum atomic E-state index is -1.15. The number of ether oxygens (including phenoxy) is 1. The summed E-state index contributed by atoms with van der Waals surface area (Å²) in [6, 6.07) is 15.1. The summed E-state index contributed by atoms with van der Waals surface area (Å²) < 4.78 is 8.36. The van der Waals surface area contributed by atoms with E-state index in [-0.39, 0.29) is 18.1 Å². The zero-order valence-corrected chi connectivity index (χ0v) is 32.0. The van der Waals surface area contributed by atoms with E-state index in [1.54, 1.807) is 49.0 Å². The van der Waals surface area contributed by atoms with E-state index >= 15 is 0 Å². The lowest BCUT2D eigenvalue weighted by Gasteiger charge is -2.45. The van der Waals surface area contributed by atoms with Crippen LogP contribution in [0.4, 0.5) is 17.3 Å². The molecule has 7 rings (SSSR count). The Labute approximate surface area is 317 Å². The van der Waals surface area contributed by atoms with Crippen molar-refractivity contribution in [2.45, 2.75) is 89.9 Å². The second-order valence-electron chi connectivity index (χ2n) is 15.6. The molecule has 3 aliphatic rings. The number of aliphatic hydroxyl groups is 1. The number of benzene rings is 1. The quantitative estimate of drug-likeness (QED) is 0.146. The van der Waals surface area contributed by atoms with E-state index in [1.807, 2.05) is 12.1 Å². The SMILES string of the molecule is C=CCn1c(=O)c2cnc(Nc3ccc(N4CCN(C5CCC(N6CCC(CCOC(C)=O)CC6)CC5)CC4)cc3)nc2n1-c1cccc(C(C)(C)O)n1. The van der Waals surface area contributed by atoms with Crippen LogP contribution in [0.5, 0.6) is 0 Å². The van der Waals surface area contributed by atoms with E-state index in [0.29, 0.717) is 53.1 Å². The third kappa shape index (κ3) is 8.53. The molecule has 1 saturated carbocycles. The molecule has 288 valence electrons. The van der Waals surface area contributed by atoms with Crippen LogP contribution in [-0.4, -0.2) is 103 Å². The molecule has 54 heavy (non-hydrogen) atoms. The van der Waals surface area contributed by atoms with Crippen LogP contribution in [-0.2, 0) is 21.7 Å². The maximum absolute atomic E-state index is 13.4. The molecular weight excluding hydrogens is 683 g/mol. The number of likely N-dealkylation sites (tertiary alicyclic amines) is 1. The van der Waals surface area contributed by atoms with Crippen molar-refractivity contribution in [2.24, 2.45) is 5.92 Å². The Kier molecular flexibility index (Phi) is 11.5. The Morgan fingerprint density at radius 3 is 2.24 bits per heavy atom. The van der Waals surface area contributed by atoms with Crippen molar-refractivity contribution in [1.29, 1.82) is 0 Å². The predicted octanol–water partition coefficient (Wildman–Crippen LogP) is 5.23. The van der Waals surface area contributed by atoms with Gasteiger partial charge in [0.05, 0.1) is 18.8 Å². The van der Waals surface area contributed by atoms with Gasteiger partial charge in [0.2, 0.25) is 5.95 Å². The normalized spacial score (nSPS) is 20.6. The van der Waals surface area contributed by atoms with Gasteiger partial charge in [0, 0.05) is 62.8 Å². The molecule has 3 aromatic heterocycles. The number of pyridine rings is 1. The van der Waals surface area contributed by atoms with Gasteiger partial charge in [-0.3, -0.25) is 14.5 Å². The molecule has 0 bridgehead atoms. The first-order chi connectivity index (χ1) is 26.1. The van der Waals surface area contributed by atoms with Crippen molar-refractivity contribution in [3.63, 3.8) is 0 Å². The number of esters is 1. The second kappa shape index (κ2) is 16.4. The molecule has 4 aromatic rings. The van der Waals surface area contributed by atoms with Gasteiger partial charge in [0.15, 0.2) is 11.5 Å². The number of carbonyl (C=O) groups excluding carboxylic acids is 1. The van der Waals surface area contributed by atoms with E-state index in [1.165, 1.54) is 68.9 Å². The molecule has 13 heteroatoms. The van der Waals surface area contributed by atoms with E-state index in [0.717, 1.165) is 38.3 Å². The maximum atomic E-state index is 13.4. The number of hydrogen-bond donors (Lipinski definition) is 2. The minimum absolute atomic E-state index is 0.172. The smallest absolute Gasteiger partial charge is 0.302 e. The molecular formula is C41H55N9O4. The number of fused-ring (bicyclic) bond motifs is 1. The molecule has 2 saturated heterocycles. The van der Waals surface area contributed by atoms with Crippen molar-refractivity contribution < 1.29 is 14.6 Å². The first-order valence-electron chi connectivity index (χ1n) is 19.6. The summed E-state index contributed by atoms with van der Waals surface area (Å²) in [6.45, 7) is 16.0. The van der Waals surface area contributed by atoms with Crippen molar-refractivity contribution >= 4 is 34.3 Å². The summed E-state index contributed by atoms with van der Waals surface area (Å²) in [6.07, 6.45) is 11.8. The molecule has 0 radical (unpaired) electrons. The average molecular weight is 738 g/mol. The number of allylic oxidation sites excluding steroid dienone is 1. The first kappa shape index (κ1) is 37.7. The van der Waals surface area contributed by atoms with Gasteiger partial charge in [0.1, 0.15) is 11.0 Å². The molecule has 0 unspecified atom stereocenters. The van der Waals surface area contributed by atoms with E-state index in [4.69, 9.17) is 9.72 Å². The molecule has 0 spiro atoms. The fourth-order valence-electron chi connectivity index (χ4n) is 8.49. The molecule has 5 heterocycles. The largest absolute Gasteiger partial charge is 0.466 e. The third-order valence-electron chi connectivity index (χ3n) is 11.5. The molecule has 3 fully saturated rings. The number of piperazine rings is 1. The van der Waals surface area contributed by atoms with Gasteiger partial charge < -0.3 is 25.0 Å². The number of piperidine rings is 1. The van der Waals surface area contributed by atoms with Crippen LogP contribution >= 0.6 is 0 Å². The number of carbonyl (C=O) groups is 1. The Morgan fingerprint density at radius 1 is 0.944 bits per heavy atom. The Bertz CT molecular complexity index is 1960. The summed E-state index contributed by atoms with van der Waals surface area (Å²) in [5.74, 6) is 1.34. The first-order valence-corrected chi connectivity index (χ1v) is 19.6. The average Bonchev–Trinajstić information content (AvgIpc) is 3.45. The maximum Gasteiger partial charge on any atom is 0.302 e.